The van der Waals surface area contributed by atoms with Crippen molar-refractivity contribution in [3.63, 3.8) is 0 Å². The smallest absolute Gasteiger partial charge is 0.254 e. The van der Waals surface area contributed by atoms with Gasteiger partial charge in [0, 0.05) is 23.9 Å². The maximum absolute atomic E-state index is 12.0. The molecule has 2 rings (SSSR count). The Balaban J connectivity index is 2.49. The Labute approximate surface area is 105 Å². The topological polar surface area (TPSA) is 58.6 Å². The molecule has 92 valence electrons. The fourth-order valence-corrected chi connectivity index (χ4v) is 1.74. The zero-order valence-corrected chi connectivity index (χ0v) is 10.5. The van der Waals surface area contributed by atoms with Gasteiger partial charge in [-0.25, -0.2) is 4.98 Å². The van der Waals surface area contributed by atoms with Crippen LogP contribution < -0.4 is 5.56 Å². The predicted molar refractivity (Wildman–Crippen MR) is 71.3 cm³/mol. The number of hydrogen-bond acceptors (Lipinski definition) is 3. The van der Waals surface area contributed by atoms with Gasteiger partial charge in [0.1, 0.15) is 5.69 Å². The van der Waals surface area contributed by atoms with E-state index >= 15 is 0 Å². The third-order valence-corrected chi connectivity index (χ3v) is 2.61. The Hall–Kier alpha value is -2.23. The van der Waals surface area contributed by atoms with Gasteiger partial charge >= 0.3 is 0 Å². The number of rotatable bonds is 3. The Morgan fingerprint density at radius 1 is 1.44 bits per heavy atom. The monoisotopic (exact) mass is 241 g/mol. The number of nitrogens with one attached hydrogen (secondary N) is 1. The van der Waals surface area contributed by atoms with Crippen molar-refractivity contribution in [2.75, 3.05) is 0 Å². The maximum Gasteiger partial charge on any atom is 0.254 e. The number of aromatic amines is 1. The first-order chi connectivity index (χ1) is 8.58. The van der Waals surface area contributed by atoms with Crippen LogP contribution in [0.5, 0.6) is 0 Å². The number of allylic oxidation sites excluding steroid dienone is 1. The number of hydrogen-bond donors (Lipinski definition) is 1. The fourth-order valence-electron chi connectivity index (χ4n) is 1.74. The summed E-state index contributed by atoms with van der Waals surface area (Å²) in [6.07, 6.45) is 2.23. The predicted octanol–water partition coefficient (Wildman–Crippen LogP) is 2.26. The molecule has 0 fully saturated rings. The minimum absolute atomic E-state index is 0.119. The van der Waals surface area contributed by atoms with Gasteiger partial charge in [0.15, 0.2) is 5.82 Å². The number of pyridine rings is 1. The first-order valence-electron chi connectivity index (χ1n) is 5.73. The van der Waals surface area contributed by atoms with Gasteiger partial charge in [-0.15, -0.1) is 0 Å². The lowest BCUT2D eigenvalue weighted by Gasteiger charge is -2.06. The molecule has 0 atom stereocenters. The van der Waals surface area contributed by atoms with E-state index in [4.69, 9.17) is 0 Å². The third-order valence-electron chi connectivity index (χ3n) is 2.61. The lowest BCUT2D eigenvalue weighted by Crippen LogP contribution is -2.18. The molecule has 0 aliphatic heterocycles. The van der Waals surface area contributed by atoms with Crippen molar-refractivity contribution in [2.45, 2.75) is 20.3 Å². The Kier molecular flexibility index (Phi) is 3.37. The molecule has 2 aromatic rings. The molecule has 0 aliphatic carbocycles. The van der Waals surface area contributed by atoms with E-state index in [0.717, 1.165) is 11.3 Å². The van der Waals surface area contributed by atoms with Crippen molar-refractivity contribution in [1.82, 2.24) is 15.0 Å². The quantitative estimate of drug-likeness (QED) is 0.838. The van der Waals surface area contributed by atoms with Crippen molar-refractivity contribution in [2.24, 2.45) is 0 Å². The summed E-state index contributed by atoms with van der Waals surface area (Å²) in [7, 11) is 0. The molecule has 0 unspecified atom stereocenters. The molecular weight excluding hydrogens is 226 g/mol. The Bertz CT molecular complexity index is 629. The molecule has 0 saturated heterocycles. The van der Waals surface area contributed by atoms with E-state index in [9.17, 15) is 4.79 Å². The van der Waals surface area contributed by atoms with Crippen LogP contribution in [0.4, 0.5) is 0 Å². The fraction of sp³-hybridized carbons (Fsp3) is 0.214. The Morgan fingerprint density at radius 3 is 2.78 bits per heavy atom. The first-order valence-corrected chi connectivity index (χ1v) is 5.73. The van der Waals surface area contributed by atoms with Crippen LogP contribution in [0.1, 0.15) is 18.2 Å². The molecule has 2 heterocycles. The van der Waals surface area contributed by atoms with Crippen LogP contribution >= 0.6 is 0 Å². The molecule has 0 bridgehead atoms. The van der Waals surface area contributed by atoms with Crippen molar-refractivity contribution in [3.05, 3.63) is 58.2 Å². The first kappa shape index (κ1) is 12.2. The van der Waals surface area contributed by atoms with E-state index in [1.165, 1.54) is 0 Å². The minimum Gasteiger partial charge on any atom is -0.305 e. The average molecular weight is 241 g/mol. The van der Waals surface area contributed by atoms with Gasteiger partial charge in [-0.3, -0.25) is 9.78 Å². The van der Waals surface area contributed by atoms with Crippen molar-refractivity contribution in [1.29, 1.82) is 0 Å². The van der Waals surface area contributed by atoms with Gasteiger partial charge in [-0.2, -0.15) is 0 Å². The van der Waals surface area contributed by atoms with E-state index in [1.807, 2.05) is 32.0 Å². The molecule has 2 aromatic heterocycles. The Morgan fingerprint density at radius 2 is 2.22 bits per heavy atom. The van der Waals surface area contributed by atoms with Gasteiger partial charge in [0.05, 0.1) is 0 Å². The summed E-state index contributed by atoms with van der Waals surface area (Å²) in [4.78, 5) is 23.3. The summed E-state index contributed by atoms with van der Waals surface area (Å²) >= 11 is 0. The van der Waals surface area contributed by atoms with E-state index in [2.05, 4.69) is 21.5 Å². The molecule has 1 N–H and O–H groups in total. The normalized spacial score (nSPS) is 10.3. The second-order valence-corrected chi connectivity index (χ2v) is 4.33. The van der Waals surface area contributed by atoms with Crippen LogP contribution in [0.25, 0.3) is 11.5 Å². The van der Waals surface area contributed by atoms with Crippen molar-refractivity contribution < 1.29 is 0 Å². The van der Waals surface area contributed by atoms with Gasteiger partial charge in [-0.05, 0) is 26.0 Å². The highest BCUT2D eigenvalue weighted by Gasteiger charge is 2.09. The summed E-state index contributed by atoms with van der Waals surface area (Å²) in [6.45, 7) is 7.55. The summed E-state index contributed by atoms with van der Waals surface area (Å²) < 4.78 is 0. The molecule has 4 nitrogen and oxygen atoms in total. The molecule has 0 aliphatic rings. The van der Waals surface area contributed by atoms with Gasteiger partial charge < -0.3 is 4.98 Å². The highest BCUT2D eigenvalue weighted by atomic mass is 16.1. The van der Waals surface area contributed by atoms with E-state index in [-0.39, 0.29) is 5.56 Å². The lowest BCUT2D eigenvalue weighted by molar-refractivity contribution is 0.971. The van der Waals surface area contributed by atoms with Crippen LogP contribution in [0.2, 0.25) is 0 Å². The highest BCUT2D eigenvalue weighted by Crippen LogP contribution is 2.12. The third kappa shape index (κ3) is 2.53. The second-order valence-electron chi connectivity index (χ2n) is 4.33. The van der Waals surface area contributed by atoms with Crippen LogP contribution in [-0.2, 0) is 6.42 Å². The standard InChI is InChI=1S/C14H15N3O/c1-9(2)8-11-10(3)16-13(17-14(11)18)12-6-4-5-7-15-12/h4-7H,1,8H2,2-3H3,(H,16,17,18). The average Bonchev–Trinajstić information content (AvgIpc) is 2.34. The molecule has 0 saturated carbocycles. The minimum atomic E-state index is -0.119. The van der Waals surface area contributed by atoms with Crippen LogP contribution in [-0.4, -0.2) is 15.0 Å². The van der Waals surface area contributed by atoms with Crippen molar-refractivity contribution >= 4 is 0 Å². The zero-order valence-electron chi connectivity index (χ0n) is 10.5. The van der Waals surface area contributed by atoms with Crippen LogP contribution in [0.15, 0.2) is 41.3 Å². The SMILES string of the molecule is C=C(C)Cc1c(C)nc(-c2ccccn2)[nH]c1=O. The van der Waals surface area contributed by atoms with E-state index in [0.29, 0.717) is 23.5 Å². The van der Waals surface area contributed by atoms with E-state index in [1.54, 1.807) is 6.20 Å². The molecule has 0 amide bonds. The summed E-state index contributed by atoms with van der Waals surface area (Å²) in [5, 5.41) is 0. The van der Waals surface area contributed by atoms with Crippen molar-refractivity contribution in [3.8, 4) is 11.5 Å². The largest absolute Gasteiger partial charge is 0.305 e. The second kappa shape index (κ2) is 4.96. The number of nitrogens with zero attached hydrogens (tertiary/aromatic N) is 2. The summed E-state index contributed by atoms with van der Waals surface area (Å²) in [5.74, 6) is 0.503. The van der Waals surface area contributed by atoms with Gasteiger partial charge in [0.25, 0.3) is 5.56 Å². The van der Waals surface area contributed by atoms with E-state index < -0.39 is 0 Å². The summed E-state index contributed by atoms with van der Waals surface area (Å²) in [6, 6.07) is 5.50. The molecule has 0 radical (unpaired) electrons. The summed E-state index contributed by atoms with van der Waals surface area (Å²) in [5.41, 5.74) is 2.88. The molecule has 4 heteroatoms. The maximum atomic E-state index is 12.0. The molecular formula is C14H15N3O. The number of aryl methyl sites for hydroxylation is 1. The van der Waals surface area contributed by atoms with Gasteiger partial charge in [-0.1, -0.05) is 18.2 Å². The number of H-pyrrole nitrogens is 1. The molecule has 0 spiro atoms. The van der Waals surface area contributed by atoms with Gasteiger partial charge in [0.2, 0.25) is 0 Å². The molecule has 18 heavy (non-hydrogen) atoms. The van der Waals surface area contributed by atoms with Crippen LogP contribution in [0, 0.1) is 6.92 Å². The lowest BCUT2D eigenvalue weighted by atomic mass is 10.1. The molecule has 0 aromatic carbocycles. The van der Waals surface area contributed by atoms with Crippen LogP contribution in [0.3, 0.4) is 0 Å². The highest BCUT2D eigenvalue weighted by molar-refractivity contribution is 5.48. The zero-order chi connectivity index (χ0) is 13.1. The number of aromatic nitrogens is 3.